The highest BCUT2D eigenvalue weighted by Crippen LogP contribution is 2.06. The van der Waals surface area contributed by atoms with Gasteiger partial charge in [-0.2, -0.15) is 0 Å². The molecule has 1 aromatic rings. The van der Waals surface area contributed by atoms with Gasteiger partial charge in [-0.1, -0.05) is 12.1 Å². The maximum absolute atomic E-state index is 4.67. The summed E-state index contributed by atoms with van der Waals surface area (Å²) in [6.07, 6.45) is 0.907. The number of rotatable bonds is 1. The molecule has 0 amide bonds. The minimum absolute atomic E-state index is 0.585. The normalized spacial score (nSPS) is 9.75. The molecule has 8 heavy (non-hydrogen) atoms. The zero-order chi connectivity index (χ0) is 5.98. The number of aryl methyl sites for hydroxylation is 1. The molecule has 1 rings (SSSR count). The van der Waals surface area contributed by atoms with Crippen LogP contribution >= 0.6 is 12.6 Å². The minimum atomic E-state index is 0.585. The lowest BCUT2D eigenvalue weighted by Gasteiger charge is -1.74. The fraction of sp³-hybridized carbons (Fsp3) is 0.400. The van der Waals surface area contributed by atoms with Crippen molar-refractivity contribution < 1.29 is 4.52 Å². The molecule has 0 spiro atoms. The second-order valence-corrected chi connectivity index (χ2v) is 1.95. The van der Waals surface area contributed by atoms with Crippen molar-refractivity contribution >= 4 is 12.6 Å². The Morgan fingerprint density at radius 2 is 2.62 bits per heavy atom. The van der Waals surface area contributed by atoms with Crippen molar-refractivity contribution in [3.05, 3.63) is 11.8 Å². The first kappa shape index (κ1) is 5.69. The molecule has 0 aliphatic heterocycles. The summed E-state index contributed by atoms with van der Waals surface area (Å²) in [5, 5.41) is 4.27. The van der Waals surface area contributed by atoms with E-state index in [0.717, 1.165) is 12.1 Å². The van der Waals surface area contributed by atoms with Crippen LogP contribution < -0.4 is 0 Å². The van der Waals surface area contributed by atoms with Crippen molar-refractivity contribution in [3.8, 4) is 0 Å². The Morgan fingerprint density at radius 1 is 1.88 bits per heavy atom. The summed E-state index contributed by atoms with van der Waals surface area (Å²) in [4.78, 5) is 0. The van der Waals surface area contributed by atoms with Gasteiger partial charge in [-0.25, -0.2) is 0 Å². The zero-order valence-corrected chi connectivity index (χ0v) is 5.48. The molecule has 0 unspecified atom stereocenters. The number of hydrogen-bond donors (Lipinski definition) is 1. The van der Waals surface area contributed by atoms with E-state index in [9.17, 15) is 0 Å². The predicted molar refractivity (Wildman–Crippen MR) is 33.1 cm³/mol. The molecule has 0 N–H and O–H groups in total. The van der Waals surface area contributed by atoms with Gasteiger partial charge < -0.3 is 4.52 Å². The third-order valence-corrected chi connectivity index (χ3v) is 1.12. The van der Waals surface area contributed by atoms with Crippen molar-refractivity contribution in [1.82, 2.24) is 5.16 Å². The Hall–Kier alpha value is -0.440. The van der Waals surface area contributed by atoms with Crippen LogP contribution in [0.25, 0.3) is 0 Å². The van der Waals surface area contributed by atoms with Crippen molar-refractivity contribution in [2.24, 2.45) is 0 Å². The number of hydrogen-bond acceptors (Lipinski definition) is 3. The molecule has 0 fully saturated rings. The first-order valence-corrected chi connectivity index (χ1v) is 2.92. The first-order valence-electron chi connectivity index (χ1n) is 2.47. The summed E-state index contributed by atoms with van der Waals surface area (Å²) in [5.74, 6) is 0. The maximum Gasteiger partial charge on any atom is 0.190 e. The van der Waals surface area contributed by atoms with Gasteiger partial charge in [-0.15, -0.1) is 12.6 Å². The Kier molecular flexibility index (Phi) is 1.58. The van der Waals surface area contributed by atoms with Crippen molar-refractivity contribution in [1.29, 1.82) is 0 Å². The molecule has 0 saturated heterocycles. The average Bonchev–Trinajstić information content (AvgIpc) is 2.14. The van der Waals surface area contributed by atoms with E-state index in [1.54, 1.807) is 0 Å². The van der Waals surface area contributed by atoms with Gasteiger partial charge in [0.2, 0.25) is 0 Å². The molecule has 0 atom stereocenters. The minimum Gasteiger partial charge on any atom is -0.350 e. The van der Waals surface area contributed by atoms with Crippen molar-refractivity contribution in [2.75, 3.05) is 0 Å². The molecule has 0 radical (unpaired) electrons. The molecule has 0 aromatic carbocycles. The third-order valence-electron chi connectivity index (χ3n) is 0.909. The molecule has 0 aliphatic rings. The molecule has 44 valence electrons. The second kappa shape index (κ2) is 2.22. The van der Waals surface area contributed by atoms with Crippen LogP contribution in [0.4, 0.5) is 0 Å². The lowest BCUT2D eigenvalue weighted by molar-refractivity contribution is 0.346. The van der Waals surface area contributed by atoms with Crippen molar-refractivity contribution in [3.63, 3.8) is 0 Å². The molecule has 0 bridgehead atoms. The van der Waals surface area contributed by atoms with Gasteiger partial charge >= 0.3 is 0 Å². The summed E-state index contributed by atoms with van der Waals surface area (Å²) in [5.41, 5.74) is 0.954. The van der Waals surface area contributed by atoms with Gasteiger partial charge in [0, 0.05) is 6.07 Å². The molecule has 2 nitrogen and oxygen atoms in total. The van der Waals surface area contributed by atoms with Gasteiger partial charge in [-0.05, 0) is 6.42 Å². The summed E-state index contributed by atoms with van der Waals surface area (Å²) in [6, 6.07) is 1.81. The summed E-state index contributed by atoms with van der Waals surface area (Å²) in [7, 11) is 0. The highest BCUT2D eigenvalue weighted by atomic mass is 32.1. The van der Waals surface area contributed by atoms with Crippen LogP contribution in [-0.2, 0) is 6.42 Å². The predicted octanol–water partition coefficient (Wildman–Crippen LogP) is 1.53. The van der Waals surface area contributed by atoms with Gasteiger partial charge in [0.1, 0.15) is 0 Å². The van der Waals surface area contributed by atoms with E-state index >= 15 is 0 Å². The highest BCUT2D eigenvalue weighted by molar-refractivity contribution is 7.80. The zero-order valence-electron chi connectivity index (χ0n) is 4.59. The number of aromatic nitrogens is 1. The molecule has 0 aliphatic carbocycles. The van der Waals surface area contributed by atoms with E-state index in [0.29, 0.717) is 5.09 Å². The van der Waals surface area contributed by atoms with Crippen LogP contribution in [0.3, 0.4) is 0 Å². The Morgan fingerprint density at radius 3 is 2.88 bits per heavy atom. The monoisotopic (exact) mass is 129 g/mol. The highest BCUT2D eigenvalue weighted by Gasteiger charge is 1.94. The lowest BCUT2D eigenvalue weighted by atomic mass is 10.4. The van der Waals surface area contributed by atoms with Crippen LogP contribution in [0.1, 0.15) is 12.6 Å². The van der Waals surface area contributed by atoms with E-state index in [1.165, 1.54) is 0 Å². The van der Waals surface area contributed by atoms with Gasteiger partial charge in [0.25, 0.3) is 0 Å². The van der Waals surface area contributed by atoms with E-state index in [2.05, 4.69) is 22.3 Å². The number of nitrogens with zero attached hydrogens (tertiary/aromatic N) is 1. The third kappa shape index (κ3) is 1.04. The quantitative estimate of drug-likeness (QED) is 0.582. The van der Waals surface area contributed by atoms with Crippen LogP contribution in [0.5, 0.6) is 0 Å². The molecule has 3 heteroatoms. The van der Waals surface area contributed by atoms with Crippen molar-refractivity contribution in [2.45, 2.75) is 18.4 Å². The Bertz CT molecular complexity index is 173. The van der Waals surface area contributed by atoms with Gasteiger partial charge in [0.05, 0.1) is 5.69 Å². The summed E-state index contributed by atoms with van der Waals surface area (Å²) >= 11 is 3.93. The van der Waals surface area contributed by atoms with Gasteiger partial charge in [-0.3, -0.25) is 0 Å². The first-order chi connectivity index (χ1) is 3.83. The van der Waals surface area contributed by atoms with Crippen LogP contribution in [0.15, 0.2) is 15.7 Å². The molecular formula is C5H7NOS. The van der Waals surface area contributed by atoms with E-state index in [4.69, 9.17) is 0 Å². The molecule has 0 saturated carbocycles. The Balaban J connectivity index is 2.84. The molecule has 1 heterocycles. The fourth-order valence-electron chi connectivity index (χ4n) is 0.467. The van der Waals surface area contributed by atoms with Crippen LogP contribution in [0.2, 0.25) is 0 Å². The standard InChI is InChI=1S/C5H7NOS/c1-2-4-3-5(8)7-6-4/h3,8H,2H2,1H3. The van der Waals surface area contributed by atoms with Crippen LogP contribution in [0, 0.1) is 0 Å². The van der Waals surface area contributed by atoms with E-state index in [1.807, 2.05) is 13.0 Å². The molecular weight excluding hydrogens is 122 g/mol. The lowest BCUT2D eigenvalue weighted by Crippen LogP contribution is -1.73. The summed E-state index contributed by atoms with van der Waals surface area (Å²) in [6.45, 7) is 2.02. The number of thiol groups is 1. The largest absolute Gasteiger partial charge is 0.350 e. The fourth-order valence-corrected chi connectivity index (χ4v) is 0.657. The average molecular weight is 129 g/mol. The molecule has 1 aromatic heterocycles. The SMILES string of the molecule is CCc1cc(S)on1. The topological polar surface area (TPSA) is 26.0 Å². The summed E-state index contributed by atoms with van der Waals surface area (Å²) < 4.78 is 4.67. The van der Waals surface area contributed by atoms with Gasteiger partial charge in [0.15, 0.2) is 5.09 Å². The smallest absolute Gasteiger partial charge is 0.190 e. The van der Waals surface area contributed by atoms with E-state index < -0.39 is 0 Å². The second-order valence-electron chi connectivity index (χ2n) is 1.51. The maximum atomic E-state index is 4.67. The van der Waals surface area contributed by atoms with Crippen LogP contribution in [-0.4, -0.2) is 5.16 Å². The Labute approximate surface area is 53.3 Å². The van der Waals surface area contributed by atoms with E-state index in [-0.39, 0.29) is 0 Å².